The topological polar surface area (TPSA) is 25.2 Å². The molecule has 2 nitrogen and oxygen atoms in total. The zero-order valence-electron chi connectivity index (χ0n) is 7.72. The highest BCUT2D eigenvalue weighted by molar-refractivity contribution is 5.84. The Morgan fingerprint density at radius 2 is 2.36 bits per heavy atom. The molecular formula is C12H10N2. The molecule has 0 radical (unpaired) electrons. The van der Waals surface area contributed by atoms with Crippen LogP contribution in [0.25, 0.3) is 11.6 Å². The van der Waals surface area contributed by atoms with Gasteiger partial charge in [0.05, 0.1) is 0 Å². The largest absolute Gasteiger partial charge is 0.269 e. The highest BCUT2D eigenvalue weighted by Gasteiger charge is 2.20. The number of aliphatic imine (C=N–C) groups is 1. The molecule has 0 aromatic carbocycles. The van der Waals surface area contributed by atoms with E-state index in [9.17, 15) is 0 Å². The summed E-state index contributed by atoms with van der Waals surface area (Å²) in [7, 11) is 0. The summed E-state index contributed by atoms with van der Waals surface area (Å²) < 4.78 is 0. The molecule has 2 aliphatic rings. The van der Waals surface area contributed by atoms with E-state index in [-0.39, 0.29) is 0 Å². The van der Waals surface area contributed by atoms with E-state index in [1.54, 1.807) is 0 Å². The van der Waals surface area contributed by atoms with Crippen LogP contribution in [-0.2, 0) is 0 Å². The molecule has 0 bridgehead atoms. The normalized spacial score (nSPS) is 22.6. The van der Waals surface area contributed by atoms with Crippen molar-refractivity contribution in [3.05, 3.63) is 41.9 Å². The standard InChI is InChI=1S/C12H10N2/c1-2-10-4-6-14-8-12(10)11-7-13-5-3-9(1)11/h1-3,5-8,10H,4H2. The number of hydrogen-bond acceptors (Lipinski definition) is 2. The van der Waals surface area contributed by atoms with Gasteiger partial charge in [0.1, 0.15) is 0 Å². The summed E-state index contributed by atoms with van der Waals surface area (Å²) in [6.07, 6.45) is 13.1. The van der Waals surface area contributed by atoms with Gasteiger partial charge in [-0.15, -0.1) is 0 Å². The summed E-state index contributed by atoms with van der Waals surface area (Å²) in [6.45, 7) is 0. The van der Waals surface area contributed by atoms with Crippen molar-refractivity contribution < 1.29 is 0 Å². The molecule has 1 aromatic rings. The Labute approximate surface area is 82.7 Å². The lowest BCUT2D eigenvalue weighted by Crippen LogP contribution is -2.09. The molecule has 1 aliphatic heterocycles. The van der Waals surface area contributed by atoms with Gasteiger partial charge in [-0.25, -0.2) is 0 Å². The second-order valence-corrected chi connectivity index (χ2v) is 3.58. The third kappa shape index (κ3) is 1.04. The zero-order chi connectivity index (χ0) is 9.38. The molecule has 68 valence electrons. The van der Waals surface area contributed by atoms with Crippen LogP contribution in [0.4, 0.5) is 0 Å². The molecule has 2 heteroatoms. The van der Waals surface area contributed by atoms with Crippen molar-refractivity contribution in [2.75, 3.05) is 0 Å². The predicted molar refractivity (Wildman–Crippen MR) is 57.8 cm³/mol. The monoisotopic (exact) mass is 182 g/mol. The number of aromatic nitrogens is 1. The Morgan fingerprint density at radius 1 is 1.36 bits per heavy atom. The van der Waals surface area contributed by atoms with Crippen LogP contribution in [0.1, 0.15) is 17.5 Å². The average Bonchev–Trinajstić information content (AvgIpc) is 2.29. The summed E-state index contributed by atoms with van der Waals surface area (Å²) in [6, 6.07) is 2.04. The van der Waals surface area contributed by atoms with E-state index < -0.39 is 0 Å². The van der Waals surface area contributed by atoms with Gasteiger partial charge in [-0.3, -0.25) is 9.98 Å². The first-order valence-corrected chi connectivity index (χ1v) is 4.79. The van der Waals surface area contributed by atoms with Crippen LogP contribution < -0.4 is 0 Å². The van der Waals surface area contributed by atoms with Crippen molar-refractivity contribution in [1.82, 2.24) is 4.98 Å². The maximum Gasteiger partial charge on any atom is 0.0349 e. The van der Waals surface area contributed by atoms with Gasteiger partial charge in [-0.2, -0.15) is 0 Å². The molecule has 14 heavy (non-hydrogen) atoms. The molecule has 0 spiro atoms. The Hall–Kier alpha value is -1.70. The number of allylic oxidation sites excluding steroid dienone is 2. The molecule has 0 saturated carbocycles. The van der Waals surface area contributed by atoms with E-state index in [1.165, 1.54) is 16.7 Å². The van der Waals surface area contributed by atoms with Crippen LogP contribution in [0, 0.1) is 5.92 Å². The Bertz CT molecular complexity index is 455. The van der Waals surface area contributed by atoms with Gasteiger partial charge >= 0.3 is 0 Å². The van der Waals surface area contributed by atoms with Gasteiger partial charge in [-0.05, 0) is 23.6 Å². The molecule has 0 fully saturated rings. The fraction of sp³-hybridized carbons (Fsp3) is 0.167. The quantitative estimate of drug-likeness (QED) is 0.605. The van der Waals surface area contributed by atoms with Crippen molar-refractivity contribution in [3.8, 4) is 0 Å². The fourth-order valence-electron chi connectivity index (χ4n) is 1.99. The summed E-state index contributed by atoms with van der Waals surface area (Å²) in [4.78, 5) is 8.37. The van der Waals surface area contributed by atoms with Crippen LogP contribution in [-0.4, -0.2) is 11.2 Å². The molecule has 1 unspecified atom stereocenters. The third-order valence-electron chi connectivity index (χ3n) is 2.75. The van der Waals surface area contributed by atoms with Gasteiger partial charge in [0.15, 0.2) is 0 Å². The minimum Gasteiger partial charge on any atom is -0.269 e. The van der Waals surface area contributed by atoms with E-state index in [0.717, 1.165) is 6.42 Å². The van der Waals surface area contributed by atoms with Crippen LogP contribution >= 0.6 is 0 Å². The second-order valence-electron chi connectivity index (χ2n) is 3.58. The summed E-state index contributed by atoms with van der Waals surface area (Å²) in [5.74, 6) is 0.504. The molecule has 3 rings (SSSR count). The number of fused-ring (bicyclic) bond motifs is 3. The summed E-state index contributed by atoms with van der Waals surface area (Å²) in [5.41, 5.74) is 3.79. The van der Waals surface area contributed by atoms with Crippen molar-refractivity contribution >= 4 is 17.9 Å². The van der Waals surface area contributed by atoms with Crippen molar-refractivity contribution in [2.45, 2.75) is 6.42 Å². The Kier molecular flexibility index (Phi) is 1.60. The molecule has 1 aromatic heterocycles. The lowest BCUT2D eigenvalue weighted by Gasteiger charge is -2.22. The second kappa shape index (κ2) is 2.91. The van der Waals surface area contributed by atoms with E-state index in [1.807, 2.05) is 30.9 Å². The lowest BCUT2D eigenvalue weighted by molar-refractivity contribution is 0.876. The van der Waals surface area contributed by atoms with Crippen molar-refractivity contribution in [2.24, 2.45) is 10.9 Å². The fourth-order valence-corrected chi connectivity index (χ4v) is 1.99. The number of nitrogens with zero attached hydrogens (tertiary/aromatic N) is 2. The molecular weight excluding hydrogens is 172 g/mol. The first-order chi connectivity index (χ1) is 6.95. The maximum atomic E-state index is 4.21. The van der Waals surface area contributed by atoms with Crippen LogP contribution in [0.15, 0.2) is 35.7 Å². The SMILES string of the molecule is C1=CC2CC=NC=C2c2cnccc21. The minimum absolute atomic E-state index is 0.504. The number of hydrogen-bond donors (Lipinski definition) is 0. The smallest absolute Gasteiger partial charge is 0.0349 e. The lowest BCUT2D eigenvalue weighted by atomic mass is 9.83. The van der Waals surface area contributed by atoms with Gasteiger partial charge < -0.3 is 0 Å². The molecule has 1 aliphatic carbocycles. The van der Waals surface area contributed by atoms with Gasteiger partial charge in [0.2, 0.25) is 0 Å². The van der Waals surface area contributed by atoms with Crippen molar-refractivity contribution in [1.29, 1.82) is 0 Å². The third-order valence-corrected chi connectivity index (χ3v) is 2.75. The average molecular weight is 182 g/mol. The van der Waals surface area contributed by atoms with E-state index in [2.05, 4.69) is 22.1 Å². The van der Waals surface area contributed by atoms with Gasteiger partial charge in [0.25, 0.3) is 0 Å². The number of rotatable bonds is 0. The van der Waals surface area contributed by atoms with Crippen LogP contribution in [0.3, 0.4) is 0 Å². The van der Waals surface area contributed by atoms with E-state index in [0.29, 0.717) is 5.92 Å². The van der Waals surface area contributed by atoms with Crippen LogP contribution in [0.2, 0.25) is 0 Å². The Balaban J connectivity index is 2.22. The van der Waals surface area contributed by atoms with Gasteiger partial charge in [0, 0.05) is 36.3 Å². The molecule has 0 saturated heterocycles. The number of pyridine rings is 1. The molecule has 2 heterocycles. The molecule has 0 amide bonds. The van der Waals surface area contributed by atoms with Crippen molar-refractivity contribution in [3.63, 3.8) is 0 Å². The first kappa shape index (κ1) is 7.68. The van der Waals surface area contributed by atoms with Gasteiger partial charge in [-0.1, -0.05) is 12.2 Å². The predicted octanol–water partition coefficient (Wildman–Crippen LogP) is 2.54. The minimum atomic E-state index is 0.504. The summed E-state index contributed by atoms with van der Waals surface area (Å²) in [5, 5.41) is 0. The highest BCUT2D eigenvalue weighted by Crippen LogP contribution is 2.35. The zero-order valence-corrected chi connectivity index (χ0v) is 7.72. The maximum absolute atomic E-state index is 4.21. The Morgan fingerprint density at radius 3 is 3.36 bits per heavy atom. The highest BCUT2D eigenvalue weighted by atomic mass is 14.7. The summed E-state index contributed by atoms with van der Waals surface area (Å²) >= 11 is 0. The first-order valence-electron chi connectivity index (χ1n) is 4.79. The van der Waals surface area contributed by atoms with E-state index >= 15 is 0 Å². The molecule has 1 atom stereocenters. The van der Waals surface area contributed by atoms with Crippen LogP contribution in [0.5, 0.6) is 0 Å². The van der Waals surface area contributed by atoms with E-state index in [4.69, 9.17) is 0 Å². The molecule has 0 N–H and O–H groups in total.